The third kappa shape index (κ3) is 1.70. The number of nitrogens with one attached hydrogen (secondary N) is 1. The molecule has 0 bridgehead atoms. The number of hydrogen-bond acceptors (Lipinski definition) is 3. The molecule has 0 atom stereocenters. The van der Waals surface area contributed by atoms with Crippen molar-refractivity contribution in [2.75, 3.05) is 6.61 Å². The van der Waals surface area contributed by atoms with Crippen LogP contribution in [0.15, 0.2) is 16.8 Å². The molecule has 0 radical (unpaired) electrons. The second-order valence-electron chi connectivity index (χ2n) is 3.74. The Morgan fingerprint density at radius 1 is 1.53 bits per heavy atom. The number of ether oxygens (including phenoxy) is 1. The molecule has 1 aliphatic heterocycles. The maximum Gasteiger partial charge on any atom is 0.0753 e. The predicted octanol–water partition coefficient (Wildman–Crippen LogP) is 2.13. The lowest BCUT2D eigenvalue weighted by Gasteiger charge is -2.11. The monoisotopic (exact) mass is 220 g/mol. The van der Waals surface area contributed by atoms with Crippen molar-refractivity contribution in [2.24, 2.45) is 0 Å². The first-order valence-electron chi connectivity index (χ1n) is 5.07. The summed E-state index contributed by atoms with van der Waals surface area (Å²) in [6.07, 6.45) is 1.88. The van der Waals surface area contributed by atoms with Gasteiger partial charge in [-0.3, -0.25) is 5.10 Å². The summed E-state index contributed by atoms with van der Waals surface area (Å²) >= 11 is 1.73. The number of fused-ring (bicyclic) bond motifs is 1. The molecular formula is C11H12N2OS. The SMILES string of the molecule is c1cc(Cc2n[nH]c3c2COCC3)cs1. The van der Waals surface area contributed by atoms with E-state index < -0.39 is 0 Å². The molecule has 0 amide bonds. The number of hydrogen-bond donors (Lipinski definition) is 1. The molecule has 0 fully saturated rings. The Balaban J connectivity index is 1.89. The molecule has 2 aromatic rings. The molecule has 3 heterocycles. The summed E-state index contributed by atoms with van der Waals surface area (Å²) in [5.74, 6) is 0. The number of thiophene rings is 1. The van der Waals surface area contributed by atoms with Crippen molar-refractivity contribution in [3.05, 3.63) is 39.3 Å². The molecule has 78 valence electrons. The number of H-pyrrole nitrogens is 1. The van der Waals surface area contributed by atoms with Crippen molar-refractivity contribution in [1.29, 1.82) is 0 Å². The highest BCUT2D eigenvalue weighted by Gasteiger charge is 2.17. The first-order valence-corrected chi connectivity index (χ1v) is 6.01. The summed E-state index contributed by atoms with van der Waals surface area (Å²) in [4.78, 5) is 0. The third-order valence-corrected chi connectivity index (χ3v) is 3.46. The van der Waals surface area contributed by atoms with Crippen LogP contribution in [0.25, 0.3) is 0 Å². The van der Waals surface area contributed by atoms with Gasteiger partial charge in [-0.1, -0.05) is 0 Å². The first-order chi connectivity index (χ1) is 7.43. The summed E-state index contributed by atoms with van der Waals surface area (Å²) < 4.78 is 5.46. The Labute approximate surface area is 92.1 Å². The van der Waals surface area contributed by atoms with E-state index in [2.05, 4.69) is 27.0 Å². The molecule has 2 aromatic heterocycles. The fraction of sp³-hybridized carbons (Fsp3) is 0.364. The normalized spacial score (nSPS) is 15.2. The van der Waals surface area contributed by atoms with Gasteiger partial charge in [0, 0.05) is 24.1 Å². The van der Waals surface area contributed by atoms with Crippen molar-refractivity contribution in [3.8, 4) is 0 Å². The largest absolute Gasteiger partial charge is 0.376 e. The molecule has 0 spiro atoms. The smallest absolute Gasteiger partial charge is 0.0753 e. The second-order valence-corrected chi connectivity index (χ2v) is 4.52. The van der Waals surface area contributed by atoms with E-state index in [9.17, 15) is 0 Å². The van der Waals surface area contributed by atoms with Crippen molar-refractivity contribution < 1.29 is 4.74 Å². The lowest BCUT2D eigenvalue weighted by molar-refractivity contribution is 0.109. The number of aromatic amines is 1. The second kappa shape index (κ2) is 3.79. The van der Waals surface area contributed by atoms with Gasteiger partial charge < -0.3 is 4.74 Å². The maximum absolute atomic E-state index is 5.46. The van der Waals surface area contributed by atoms with Crippen LogP contribution in [0.4, 0.5) is 0 Å². The van der Waals surface area contributed by atoms with E-state index >= 15 is 0 Å². The third-order valence-electron chi connectivity index (χ3n) is 2.73. The van der Waals surface area contributed by atoms with Crippen LogP contribution < -0.4 is 0 Å². The van der Waals surface area contributed by atoms with E-state index in [0.29, 0.717) is 6.61 Å². The van der Waals surface area contributed by atoms with Gasteiger partial charge in [-0.2, -0.15) is 16.4 Å². The molecule has 1 N–H and O–H groups in total. The fourth-order valence-corrected chi connectivity index (χ4v) is 2.57. The first kappa shape index (κ1) is 9.12. The van der Waals surface area contributed by atoms with Crippen LogP contribution >= 0.6 is 11.3 Å². The Morgan fingerprint density at radius 2 is 2.53 bits per heavy atom. The van der Waals surface area contributed by atoms with Gasteiger partial charge in [0.1, 0.15) is 0 Å². The minimum Gasteiger partial charge on any atom is -0.376 e. The Bertz CT molecular complexity index is 447. The highest BCUT2D eigenvalue weighted by atomic mass is 32.1. The summed E-state index contributed by atoms with van der Waals surface area (Å²) in [6, 6.07) is 2.15. The van der Waals surface area contributed by atoms with E-state index in [1.54, 1.807) is 11.3 Å². The topological polar surface area (TPSA) is 37.9 Å². The minimum absolute atomic E-state index is 0.714. The summed E-state index contributed by atoms with van der Waals surface area (Å²) in [5, 5.41) is 11.8. The number of nitrogens with zero attached hydrogens (tertiary/aromatic N) is 1. The highest BCUT2D eigenvalue weighted by molar-refractivity contribution is 7.07. The Morgan fingerprint density at radius 3 is 3.40 bits per heavy atom. The maximum atomic E-state index is 5.46. The van der Waals surface area contributed by atoms with Crippen molar-refractivity contribution >= 4 is 11.3 Å². The van der Waals surface area contributed by atoms with Gasteiger partial charge >= 0.3 is 0 Å². The van der Waals surface area contributed by atoms with Gasteiger partial charge in [-0.25, -0.2) is 0 Å². The number of rotatable bonds is 2. The van der Waals surface area contributed by atoms with E-state index in [-0.39, 0.29) is 0 Å². The molecule has 3 nitrogen and oxygen atoms in total. The molecule has 4 heteroatoms. The lowest BCUT2D eigenvalue weighted by Crippen LogP contribution is -2.09. The zero-order valence-corrected chi connectivity index (χ0v) is 9.14. The van der Waals surface area contributed by atoms with Crippen LogP contribution in [-0.4, -0.2) is 16.8 Å². The van der Waals surface area contributed by atoms with Gasteiger partial charge in [0.2, 0.25) is 0 Å². The van der Waals surface area contributed by atoms with Gasteiger partial charge in [0.25, 0.3) is 0 Å². The van der Waals surface area contributed by atoms with Crippen LogP contribution in [0.1, 0.15) is 22.5 Å². The quantitative estimate of drug-likeness (QED) is 0.842. The lowest BCUT2D eigenvalue weighted by atomic mass is 10.1. The van der Waals surface area contributed by atoms with Gasteiger partial charge in [-0.15, -0.1) is 0 Å². The standard InChI is InChI=1S/C11H12N2OS/c1-3-14-6-9-10(1)12-13-11(9)5-8-2-4-15-7-8/h2,4,7H,1,3,5-6H2,(H,12,13). The van der Waals surface area contributed by atoms with E-state index in [0.717, 1.165) is 25.1 Å². The molecule has 0 unspecified atom stereocenters. The highest BCUT2D eigenvalue weighted by Crippen LogP contribution is 2.21. The van der Waals surface area contributed by atoms with Gasteiger partial charge in [-0.05, 0) is 22.4 Å². The van der Waals surface area contributed by atoms with E-state index in [1.165, 1.54) is 16.8 Å². The van der Waals surface area contributed by atoms with E-state index in [1.807, 2.05) is 0 Å². The molecule has 0 saturated heterocycles. The molecule has 15 heavy (non-hydrogen) atoms. The Kier molecular flexibility index (Phi) is 2.31. The molecule has 1 aliphatic rings. The van der Waals surface area contributed by atoms with Crippen molar-refractivity contribution in [3.63, 3.8) is 0 Å². The van der Waals surface area contributed by atoms with Crippen molar-refractivity contribution in [1.82, 2.24) is 10.2 Å². The van der Waals surface area contributed by atoms with E-state index in [4.69, 9.17) is 4.74 Å². The van der Waals surface area contributed by atoms with Crippen molar-refractivity contribution in [2.45, 2.75) is 19.4 Å². The van der Waals surface area contributed by atoms with Crippen LogP contribution in [0.3, 0.4) is 0 Å². The fourth-order valence-electron chi connectivity index (χ4n) is 1.90. The average molecular weight is 220 g/mol. The summed E-state index contributed by atoms with van der Waals surface area (Å²) in [6.45, 7) is 1.53. The zero-order valence-electron chi connectivity index (χ0n) is 8.32. The molecule has 3 rings (SSSR count). The van der Waals surface area contributed by atoms with Crippen LogP contribution in [0, 0.1) is 0 Å². The van der Waals surface area contributed by atoms with Gasteiger partial charge in [0.05, 0.1) is 18.9 Å². The number of aromatic nitrogens is 2. The summed E-state index contributed by atoms with van der Waals surface area (Å²) in [5.41, 5.74) is 5.00. The molecule has 0 saturated carbocycles. The van der Waals surface area contributed by atoms with Crippen LogP contribution in [-0.2, 0) is 24.2 Å². The minimum atomic E-state index is 0.714. The average Bonchev–Trinajstić information content (AvgIpc) is 2.89. The molecular weight excluding hydrogens is 208 g/mol. The zero-order chi connectivity index (χ0) is 10.1. The van der Waals surface area contributed by atoms with Gasteiger partial charge in [0.15, 0.2) is 0 Å². The summed E-state index contributed by atoms with van der Waals surface area (Å²) in [7, 11) is 0. The predicted molar refractivity (Wildman–Crippen MR) is 59.1 cm³/mol. The van der Waals surface area contributed by atoms with Crippen LogP contribution in [0.2, 0.25) is 0 Å². The Hall–Kier alpha value is -1.13. The van der Waals surface area contributed by atoms with Crippen LogP contribution in [0.5, 0.6) is 0 Å². The molecule has 0 aromatic carbocycles. The molecule has 0 aliphatic carbocycles.